The molecule has 1 aromatic rings. The van der Waals surface area contributed by atoms with Crippen molar-refractivity contribution in [2.24, 2.45) is 5.73 Å². The second-order valence-electron chi connectivity index (χ2n) is 4.31. The summed E-state index contributed by atoms with van der Waals surface area (Å²) in [6.45, 7) is 5.79. The maximum atomic E-state index is 12.3. The summed E-state index contributed by atoms with van der Waals surface area (Å²) in [6.07, 6.45) is -0.0546. The largest absolute Gasteiger partial charge is 0.466 e. The minimum absolute atomic E-state index is 0. The zero-order valence-electron chi connectivity index (χ0n) is 10.6. The van der Waals surface area contributed by atoms with Crippen LogP contribution in [0.1, 0.15) is 21.9 Å². The average Bonchev–Trinajstić information content (AvgIpc) is 2.67. The van der Waals surface area contributed by atoms with Crippen molar-refractivity contribution in [1.29, 1.82) is 0 Å². The Bertz CT molecular complexity index is 419. The molecule has 1 atom stereocenters. The number of hydrogen-bond acceptors (Lipinski definition) is 4. The zero-order chi connectivity index (χ0) is 12.4. The minimum atomic E-state index is -0.0546. The van der Waals surface area contributed by atoms with Gasteiger partial charge in [-0.25, -0.2) is 0 Å². The highest BCUT2D eigenvalue weighted by atomic mass is 35.5. The third-order valence-corrected chi connectivity index (χ3v) is 2.96. The molecule has 6 heteroatoms. The van der Waals surface area contributed by atoms with Gasteiger partial charge >= 0.3 is 0 Å². The van der Waals surface area contributed by atoms with E-state index < -0.39 is 0 Å². The van der Waals surface area contributed by atoms with Gasteiger partial charge in [-0.2, -0.15) is 0 Å². The van der Waals surface area contributed by atoms with Crippen molar-refractivity contribution in [3.8, 4) is 0 Å². The number of rotatable bonds is 2. The predicted octanol–water partition coefficient (Wildman–Crippen LogP) is 1.12. The van der Waals surface area contributed by atoms with Gasteiger partial charge in [0.1, 0.15) is 11.5 Å². The Morgan fingerprint density at radius 3 is 2.83 bits per heavy atom. The Labute approximate surface area is 113 Å². The zero-order valence-corrected chi connectivity index (χ0v) is 11.5. The summed E-state index contributed by atoms with van der Waals surface area (Å²) < 4.78 is 10.8. The molecular formula is C12H19ClN2O3. The SMILES string of the molecule is Cc1cc(C(=O)N2CCOC(CN)C2)c(C)o1.Cl. The molecule has 5 nitrogen and oxygen atoms in total. The van der Waals surface area contributed by atoms with Gasteiger partial charge in [-0.3, -0.25) is 4.79 Å². The van der Waals surface area contributed by atoms with Crippen molar-refractivity contribution < 1.29 is 13.9 Å². The first-order valence-corrected chi connectivity index (χ1v) is 5.79. The highest BCUT2D eigenvalue weighted by Gasteiger charge is 2.26. The lowest BCUT2D eigenvalue weighted by atomic mass is 10.2. The number of nitrogens with zero attached hydrogens (tertiary/aromatic N) is 1. The molecule has 1 aromatic heterocycles. The smallest absolute Gasteiger partial charge is 0.257 e. The van der Waals surface area contributed by atoms with E-state index in [1.54, 1.807) is 17.9 Å². The van der Waals surface area contributed by atoms with Crippen LogP contribution in [0.2, 0.25) is 0 Å². The maximum Gasteiger partial charge on any atom is 0.257 e. The number of halogens is 1. The van der Waals surface area contributed by atoms with Gasteiger partial charge in [-0.15, -0.1) is 12.4 Å². The van der Waals surface area contributed by atoms with Crippen molar-refractivity contribution in [3.05, 3.63) is 23.2 Å². The molecule has 0 bridgehead atoms. The van der Waals surface area contributed by atoms with Crippen LogP contribution >= 0.6 is 12.4 Å². The van der Waals surface area contributed by atoms with Crippen LogP contribution < -0.4 is 5.73 Å². The fraction of sp³-hybridized carbons (Fsp3) is 0.583. The molecule has 2 rings (SSSR count). The number of morpholine rings is 1. The van der Waals surface area contributed by atoms with E-state index >= 15 is 0 Å². The number of nitrogens with two attached hydrogens (primary N) is 1. The van der Waals surface area contributed by atoms with E-state index in [-0.39, 0.29) is 24.4 Å². The monoisotopic (exact) mass is 274 g/mol. The number of furan rings is 1. The van der Waals surface area contributed by atoms with E-state index in [1.165, 1.54) is 0 Å². The quantitative estimate of drug-likeness (QED) is 0.877. The van der Waals surface area contributed by atoms with Crippen molar-refractivity contribution >= 4 is 18.3 Å². The first kappa shape index (κ1) is 15.0. The second-order valence-corrected chi connectivity index (χ2v) is 4.31. The van der Waals surface area contributed by atoms with Crippen LogP contribution in [0.5, 0.6) is 0 Å². The third-order valence-electron chi connectivity index (χ3n) is 2.96. The van der Waals surface area contributed by atoms with Crippen LogP contribution in [0, 0.1) is 13.8 Å². The molecule has 0 spiro atoms. The number of ether oxygens (including phenoxy) is 1. The highest BCUT2D eigenvalue weighted by molar-refractivity contribution is 5.95. The Morgan fingerprint density at radius 2 is 2.28 bits per heavy atom. The van der Waals surface area contributed by atoms with E-state index in [2.05, 4.69) is 0 Å². The molecule has 1 unspecified atom stereocenters. The standard InChI is InChI=1S/C12H18N2O3.ClH/c1-8-5-11(9(2)17-8)12(15)14-3-4-16-10(6-13)7-14;/h5,10H,3-4,6-7,13H2,1-2H3;1H. The van der Waals surface area contributed by atoms with E-state index in [9.17, 15) is 4.79 Å². The summed E-state index contributed by atoms with van der Waals surface area (Å²) >= 11 is 0. The fourth-order valence-electron chi connectivity index (χ4n) is 2.06. The van der Waals surface area contributed by atoms with Gasteiger partial charge < -0.3 is 19.8 Å². The van der Waals surface area contributed by atoms with Crippen molar-refractivity contribution in [1.82, 2.24) is 4.90 Å². The molecular weight excluding hydrogens is 256 g/mol. The van der Waals surface area contributed by atoms with Crippen molar-refractivity contribution in [2.45, 2.75) is 20.0 Å². The lowest BCUT2D eigenvalue weighted by Crippen LogP contribution is -2.48. The lowest BCUT2D eigenvalue weighted by Gasteiger charge is -2.32. The highest BCUT2D eigenvalue weighted by Crippen LogP contribution is 2.17. The molecule has 18 heavy (non-hydrogen) atoms. The summed E-state index contributed by atoms with van der Waals surface area (Å²) in [5.74, 6) is 1.43. The van der Waals surface area contributed by atoms with E-state index in [4.69, 9.17) is 14.9 Å². The molecule has 2 N–H and O–H groups in total. The van der Waals surface area contributed by atoms with Crippen LogP contribution in [0.15, 0.2) is 10.5 Å². The van der Waals surface area contributed by atoms with Crippen LogP contribution in [0.4, 0.5) is 0 Å². The van der Waals surface area contributed by atoms with Crippen molar-refractivity contribution in [3.63, 3.8) is 0 Å². The van der Waals surface area contributed by atoms with E-state index in [1.807, 2.05) is 6.92 Å². The van der Waals surface area contributed by atoms with Crippen LogP contribution in [-0.2, 0) is 4.74 Å². The summed E-state index contributed by atoms with van der Waals surface area (Å²) in [7, 11) is 0. The molecule has 1 amide bonds. The molecule has 102 valence electrons. The lowest BCUT2D eigenvalue weighted by molar-refractivity contribution is -0.0168. The molecule has 0 saturated carbocycles. The van der Waals surface area contributed by atoms with Crippen LogP contribution in [0.3, 0.4) is 0 Å². The summed E-state index contributed by atoms with van der Waals surface area (Å²) in [4.78, 5) is 14.0. The Morgan fingerprint density at radius 1 is 1.56 bits per heavy atom. The predicted molar refractivity (Wildman–Crippen MR) is 70.1 cm³/mol. The topological polar surface area (TPSA) is 68.7 Å². The molecule has 1 fully saturated rings. The molecule has 0 radical (unpaired) electrons. The number of carbonyl (C=O) groups excluding carboxylic acids is 1. The average molecular weight is 275 g/mol. The normalized spacial score (nSPS) is 19.5. The molecule has 1 aliphatic rings. The van der Waals surface area contributed by atoms with Gasteiger partial charge in [0.15, 0.2) is 0 Å². The minimum Gasteiger partial charge on any atom is -0.466 e. The number of amides is 1. The van der Waals surface area contributed by atoms with Gasteiger partial charge in [-0.1, -0.05) is 0 Å². The summed E-state index contributed by atoms with van der Waals surface area (Å²) in [5.41, 5.74) is 6.20. The third kappa shape index (κ3) is 3.04. The fourth-order valence-corrected chi connectivity index (χ4v) is 2.06. The van der Waals surface area contributed by atoms with Gasteiger partial charge in [-0.05, 0) is 19.9 Å². The Balaban J connectivity index is 0.00000162. The molecule has 2 heterocycles. The number of hydrogen-bond donors (Lipinski definition) is 1. The molecule has 1 saturated heterocycles. The first-order valence-electron chi connectivity index (χ1n) is 5.79. The van der Waals surface area contributed by atoms with Gasteiger partial charge in [0.2, 0.25) is 0 Å². The summed E-state index contributed by atoms with van der Waals surface area (Å²) in [5, 5.41) is 0. The van der Waals surface area contributed by atoms with Gasteiger partial charge in [0.25, 0.3) is 5.91 Å². The van der Waals surface area contributed by atoms with Crippen LogP contribution in [-0.4, -0.2) is 43.2 Å². The van der Waals surface area contributed by atoms with E-state index in [0.29, 0.717) is 37.6 Å². The van der Waals surface area contributed by atoms with Gasteiger partial charge in [0, 0.05) is 19.6 Å². The molecule has 0 aromatic carbocycles. The summed E-state index contributed by atoms with van der Waals surface area (Å²) in [6, 6.07) is 1.78. The molecule has 1 aliphatic heterocycles. The number of aryl methyl sites for hydroxylation is 2. The number of carbonyl (C=O) groups is 1. The van der Waals surface area contributed by atoms with E-state index in [0.717, 1.165) is 5.76 Å². The Kier molecular flexibility index (Phi) is 5.19. The van der Waals surface area contributed by atoms with Crippen LogP contribution in [0.25, 0.3) is 0 Å². The maximum absolute atomic E-state index is 12.3. The second kappa shape index (κ2) is 6.22. The molecule has 0 aliphatic carbocycles. The van der Waals surface area contributed by atoms with Gasteiger partial charge in [0.05, 0.1) is 18.3 Å². The first-order chi connectivity index (χ1) is 8.11. The Hall–Kier alpha value is -1.04. The van der Waals surface area contributed by atoms with Crippen molar-refractivity contribution in [2.75, 3.05) is 26.2 Å².